The van der Waals surface area contributed by atoms with E-state index >= 15 is 0 Å². The molecule has 0 spiro atoms. The van der Waals surface area contributed by atoms with Gasteiger partial charge in [-0.3, -0.25) is 0 Å². The lowest BCUT2D eigenvalue weighted by molar-refractivity contribution is 0.405. The number of thiol groups is 1. The van der Waals surface area contributed by atoms with E-state index in [9.17, 15) is 8.78 Å². The summed E-state index contributed by atoms with van der Waals surface area (Å²) in [6.07, 6.45) is 0. The molecule has 2 aromatic rings. The van der Waals surface area contributed by atoms with Gasteiger partial charge in [0.15, 0.2) is 17.4 Å². The van der Waals surface area contributed by atoms with Gasteiger partial charge in [-0.2, -0.15) is 0 Å². The van der Waals surface area contributed by atoms with Crippen molar-refractivity contribution in [2.75, 3.05) is 0 Å². The third-order valence-corrected chi connectivity index (χ3v) is 2.53. The summed E-state index contributed by atoms with van der Waals surface area (Å²) in [6.45, 7) is 0. The molecule has 0 N–H and O–H groups in total. The van der Waals surface area contributed by atoms with Gasteiger partial charge in [-0.15, -0.1) is 12.6 Å². The minimum absolute atomic E-state index is 0.198. The second-order valence-corrected chi connectivity index (χ2v) is 4.25. The highest BCUT2D eigenvalue weighted by Gasteiger charge is 2.12. The van der Waals surface area contributed by atoms with Crippen LogP contribution in [0.2, 0.25) is 5.02 Å². The third kappa shape index (κ3) is 2.90. The van der Waals surface area contributed by atoms with Gasteiger partial charge >= 0.3 is 0 Å². The lowest BCUT2D eigenvalue weighted by Gasteiger charge is -2.08. The summed E-state index contributed by atoms with van der Waals surface area (Å²) in [7, 11) is 0. The fourth-order valence-corrected chi connectivity index (χ4v) is 1.62. The van der Waals surface area contributed by atoms with E-state index in [0.717, 1.165) is 12.1 Å². The predicted octanol–water partition coefficient (Wildman–Crippen LogP) is 4.70. The third-order valence-electron chi connectivity index (χ3n) is 2.02. The van der Waals surface area contributed by atoms with E-state index < -0.39 is 17.4 Å². The quantitative estimate of drug-likeness (QED) is 0.780. The monoisotopic (exact) mass is 272 g/mol. The van der Waals surface area contributed by atoms with Gasteiger partial charge in [0.25, 0.3) is 0 Å². The van der Waals surface area contributed by atoms with Crippen molar-refractivity contribution in [3.05, 3.63) is 53.1 Å². The van der Waals surface area contributed by atoms with Crippen molar-refractivity contribution in [2.24, 2.45) is 0 Å². The van der Waals surface area contributed by atoms with E-state index in [1.54, 1.807) is 12.1 Å². The molecular formula is C12H7ClF2OS. The summed E-state index contributed by atoms with van der Waals surface area (Å²) in [5, 5.41) is 0.518. The Morgan fingerprint density at radius 2 is 1.53 bits per heavy atom. The fourth-order valence-electron chi connectivity index (χ4n) is 1.26. The summed E-state index contributed by atoms with van der Waals surface area (Å²) in [5.41, 5.74) is 0. The molecule has 88 valence electrons. The first-order valence-corrected chi connectivity index (χ1v) is 5.50. The molecule has 0 aliphatic carbocycles. The lowest BCUT2D eigenvalue weighted by atomic mass is 10.3. The van der Waals surface area contributed by atoms with E-state index in [2.05, 4.69) is 12.6 Å². The molecule has 0 saturated heterocycles. The SMILES string of the molecule is Fc1cc(S)cc(F)c1Oc1ccc(Cl)cc1. The summed E-state index contributed by atoms with van der Waals surface area (Å²) in [6, 6.07) is 8.35. The highest BCUT2D eigenvalue weighted by molar-refractivity contribution is 7.80. The number of halogens is 3. The largest absolute Gasteiger partial charge is 0.451 e. The maximum Gasteiger partial charge on any atom is 0.198 e. The smallest absolute Gasteiger partial charge is 0.198 e. The molecule has 0 aromatic heterocycles. The summed E-state index contributed by atoms with van der Waals surface area (Å²) in [4.78, 5) is 0.198. The molecule has 5 heteroatoms. The second-order valence-electron chi connectivity index (χ2n) is 3.29. The van der Waals surface area contributed by atoms with Crippen LogP contribution in [0.15, 0.2) is 41.3 Å². The van der Waals surface area contributed by atoms with Crippen molar-refractivity contribution >= 4 is 24.2 Å². The number of ether oxygens (including phenoxy) is 1. The Bertz CT molecular complexity index is 520. The van der Waals surface area contributed by atoms with Gasteiger partial charge in [-0.05, 0) is 36.4 Å². The van der Waals surface area contributed by atoms with Crippen molar-refractivity contribution in [2.45, 2.75) is 4.90 Å². The van der Waals surface area contributed by atoms with Gasteiger partial charge < -0.3 is 4.74 Å². The highest BCUT2D eigenvalue weighted by atomic mass is 35.5. The number of hydrogen-bond acceptors (Lipinski definition) is 2. The van der Waals surface area contributed by atoms with Crippen LogP contribution < -0.4 is 4.74 Å². The van der Waals surface area contributed by atoms with Crippen LogP contribution in [0, 0.1) is 11.6 Å². The maximum atomic E-state index is 13.4. The molecule has 0 aliphatic heterocycles. The number of hydrogen-bond donors (Lipinski definition) is 1. The zero-order valence-corrected chi connectivity index (χ0v) is 10.1. The van der Waals surface area contributed by atoms with E-state index in [1.807, 2.05) is 0 Å². The summed E-state index contributed by atoms with van der Waals surface area (Å²) < 4.78 is 32.0. The van der Waals surface area contributed by atoms with Crippen molar-refractivity contribution < 1.29 is 13.5 Å². The molecule has 0 fully saturated rings. The zero-order chi connectivity index (χ0) is 12.4. The molecule has 17 heavy (non-hydrogen) atoms. The van der Waals surface area contributed by atoms with Gasteiger partial charge in [0.1, 0.15) is 5.75 Å². The molecule has 0 atom stereocenters. The van der Waals surface area contributed by atoms with Crippen molar-refractivity contribution in [1.29, 1.82) is 0 Å². The van der Waals surface area contributed by atoms with Crippen molar-refractivity contribution in [3.8, 4) is 11.5 Å². The molecule has 2 rings (SSSR count). The zero-order valence-electron chi connectivity index (χ0n) is 8.45. The van der Waals surface area contributed by atoms with Crippen LogP contribution >= 0.6 is 24.2 Å². The minimum Gasteiger partial charge on any atom is -0.451 e. The van der Waals surface area contributed by atoms with Gasteiger partial charge in [0.2, 0.25) is 0 Å². The van der Waals surface area contributed by atoms with E-state index in [0.29, 0.717) is 10.8 Å². The Morgan fingerprint density at radius 1 is 1.00 bits per heavy atom. The Morgan fingerprint density at radius 3 is 2.06 bits per heavy atom. The molecular weight excluding hydrogens is 266 g/mol. The molecule has 0 saturated carbocycles. The Labute approximate surface area is 107 Å². The molecule has 0 bridgehead atoms. The topological polar surface area (TPSA) is 9.23 Å². The van der Waals surface area contributed by atoms with Crippen LogP contribution in [0.5, 0.6) is 11.5 Å². The van der Waals surface area contributed by atoms with Gasteiger partial charge in [0, 0.05) is 9.92 Å². The molecule has 0 heterocycles. The van der Waals surface area contributed by atoms with E-state index in [-0.39, 0.29) is 4.90 Å². The highest BCUT2D eigenvalue weighted by Crippen LogP contribution is 2.30. The van der Waals surface area contributed by atoms with Gasteiger partial charge in [0.05, 0.1) is 0 Å². The van der Waals surface area contributed by atoms with Crippen LogP contribution in [-0.4, -0.2) is 0 Å². The van der Waals surface area contributed by atoms with Crippen LogP contribution in [-0.2, 0) is 0 Å². The Kier molecular flexibility index (Phi) is 3.54. The second kappa shape index (κ2) is 4.94. The first-order chi connectivity index (χ1) is 8.06. The standard InChI is InChI=1S/C12H7ClF2OS/c13-7-1-3-8(4-2-7)16-12-10(14)5-9(17)6-11(12)15/h1-6,17H. The van der Waals surface area contributed by atoms with Crippen molar-refractivity contribution in [1.82, 2.24) is 0 Å². The summed E-state index contributed by atoms with van der Waals surface area (Å²) in [5.74, 6) is -1.75. The maximum absolute atomic E-state index is 13.4. The fraction of sp³-hybridized carbons (Fsp3) is 0. The normalized spacial score (nSPS) is 10.4. The first-order valence-electron chi connectivity index (χ1n) is 4.67. The summed E-state index contributed by atoms with van der Waals surface area (Å²) >= 11 is 9.54. The molecule has 0 radical (unpaired) electrons. The van der Waals surface area contributed by atoms with Gasteiger partial charge in [-0.25, -0.2) is 8.78 Å². The molecule has 0 unspecified atom stereocenters. The van der Waals surface area contributed by atoms with E-state index in [4.69, 9.17) is 16.3 Å². The lowest BCUT2D eigenvalue weighted by Crippen LogP contribution is -1.92. The predicted molar refractivity (Wildman–Crippen MR) is 65.1 cm³/mol. The minimum atomic E-state index is -0.801. The van der Waals surface area contributed by atoms with Crippen molar-refractivity contribution in [3.63, 3.8) is 0 Å². The molecule has 2 aromatic carbocycles. The average Bonchev–Trinajstić information content (AvgIpc) is 2.26. The average molecular weight is 273 g/mol. The Hall–Kier alpha value is -1.26. The number of benzene rings is 2. The van der Waals surface area contributed by atoms with Crippen LogP contribution in [0.3, 0.4) is 0 Å². The van der Waals surface area contributed by atoms with Crippen LogP contribution in [0.25, 0.3) is 0 Å². The van der Waals surface area contributed by atoms with Crippen LogP contribution in [0.4, 0.5) is 8.78 Å². The molecule has 0 aliphatic rings. The van der Waals surface area contributed by atoms with Gasteiger partial charge in [-0.1, -0.05) is 11.6 Å². The molecule has 1 nitrogen and oxygen atoms in total. The molecule has 0 amide bonds. The van der Waals surface area contributed by atoms with Crippen LogP contribution in [0.1, 0.15) is 0 Å². The number of rotatable bonds is 2. The van der Waals surface area contributed by atoms with E-state index in [1.165, 1.54) is 12.1 Å². The Balaban J connectivity index is 2.33. The first kappa shape index (κ1) is 12.2.